The molecule has 0 heterocycles. The van der Waals surface area contributed by atoms with Gasteiger partial charge in [0.05, 0.1) is 19.5 Å². The van der Waals surface area contributed by atoms with Crippen LogP contribution in [0.3, 0.4) is 0 Å². The molecule has 17 heavy (non-hydrogen) atoms. The summed E-state index contributed by atoms with van der Waals surface area (Å²) < 4.78 is 14.9. The standard InChI is InChI=1S/C11H20O5Si/c1-6-14-10(12)9(11(13)15-7-2)8-16-17(3,4)5/h8H,6-7H2,1-5H3. The van der Waals surface area contributed by atoms with E-state index >= 15 is 0 Å². The molecule has 0 spiro atoms. The molecule has 0 radical (unpaired) electrons. The summed E-state index contributed by atoms with van der Waals surface area (Å²) in [4.78, 5) is 23.0. The molecule has 0 saturated carbocycles. The molecule has 0 aliphatic heterocycles. The van der Waals surface area contributed by atoms with Crippen LogP contribution in [0, 0.1) is 0 Å². The van der Waals surface area contributed by atoms with Gasteiger partial charge in [-0.1, -0.05) is 0 Å². The van der Waals surface area contributed by atoms with Gasteiger partial charge in [-0.15, -0.1) is 0 Å². The third-order valence-corrected chi connectivity index (χ3v) is 2.35. The Hall–Kier alpha value is -1.30. The van der Waals surface area contributed by atoms with Gasteiger partial charge >= 0.3 is 11.9 Å². The Kier molecular flexibility index (Phi) is 6.56. The third-order valence-electron chi connectivity index (χ3n) is 1.52. The minimum Gasteiger partial charge on any atom is -0.549 e. The van der Waals surface area contributed by atoms with E-state index in [1.165, 1.54) is 0 Å². The van der Waals surface area contributed by atoms with E-state index in [4.69, 9.17) is 13.9 Å². The second-order valence-electron chi connectivity index (χ2n) is 4.20. The topological polar surface area (TPSA) is 61.8 Å². The number of rotatable bonds is 6. The van der Waals surface area contributed by atoms with E-state index in [9.17, 15) is 9.59 Å². The molecule has 0 aliphatic rings. The molecule has 0 aromatic rings. The predicted molar refractivity (Wildman–Crippen MR) is 65.8 cm³/mol. The average Bonchev–Trinajstić information content (AvgIpc) is 2.16. The van der Waals surface area contributed by atoms with Crippen LogP contribution in [-0.2, 0) is 23.5 Å². The molecular formula is C11H20O5Si. The first-order chi connectivity index (χ1) is 7.81. The van der Waals surface area contributed by atoms with Gasteiger partial charge in [-0.05, 0) is 33.5 Å². The van der Waals surface area contributed by atoms with Crippen molar-refractivity contribution in [3.05, 3.63) is 11.8 Å². The number of carbonyl (C=O) groups is 2. The van der Waals surface area contributed by atoms with E-state index < -0.39 is 20.3 Å². The van der Waals surface area contributed by atoms with Crippen LogP contribution >= 0.6 is 0 Å². The van der Waals surface area contributed by atoms with Crippen LogP contribution in [0.4, 0.5) is 0 Å². The lowest BCUT2D eigenvalue weighted by molar-refractivity contribution is -0.146. The molecule has 0 N–H and O–H groups in total. The number of esters is 2. The number of hydrogen-bond acceptors (Lipinski definition) is 5. The van der Waals surface area contributed by atoms with Gasteiger partial charge in [0, 0.05) is 0 Å². The molecule has 0 aromatic heterocycles. The second kappa shape index (κ2) is 7.11. The summed E-state index contributed by atoms with van der Waals surface area (Å²) in [7, 11) is -1.85. The van der Waals surface area contributed by atoms with Crippen LogP contribution in [-0.4, -0.2) is 33.5 Å². The minimum absolute atomic E-state index is 0.197. The lowest BCUT2D eigenvalue weighted by atomic mass is 10.3. The highest BCUT2D eigenvalue weighted by Crippen LogP contribution is 2.08. The number of hydrogen-bond donors (Lipinski definition) is 0. The molecule has 0 fully saturated rings. The van der Waals surface area contributed by atoms with E-state index in [-0.39, 0.29) is 18.8 Å². The summed E-state index contributed by atoms with van der Waals surface area (Å²) in [5, 5.41) is 0. The molecule has 0 unspecified atom stereocenters. The smallest absolute Gasteiger partial charge is 0.348 e. The zero-order valence-corrected chi connectivity index (χ0v) is 12.0. The molecule has 0 rings (SSSR count). The quantitative estimate of drug-likeness (QED) is 0.182. The van der Waals surface area contributed by atoms with Crippen molar-refractivity contribution < 1.29 is 23.5 Å². The molecule has 6 heteroatoms. The lowest BCUT2D eigenvalue weighted by Crippen LogP contribution is -2.25. The van der Waals surface area contributed by atoms with Gasteiger partial charge in [-0.25, -0.2) is 9.59 Å². The highest BCUT2D eigenvalue weighted by molar-refractivity contribution is 6.69. The van der Waals surface area contributed by atoms with Gasteiger partial charge in [0.25, 0.3) is 0 Å². The van der Waals surface area contributed by atoms with Crippen LogP contribution < -0.4 is 0 Å². The summed E-state index contributed by atoms with van der Waals surface area (Å²) in [5.74, 6) is -1.44. The average molecular weight is 260 g/mol. The predicted octanol–water partition coefficient (Wildman–Crippen LogP) is 1.85. The van der Waals surface area contributed by atoms with E-state index in [1.54, 1.807) is 13.8 Å². The molecule has 0 aromatic carbocycles. The fourth-order valence-corrected chi connectivity index (χ4v) is 1.30. The van der Waals surface area contributed by atoms with E-state index in [1.807, 2.05) is 19.6 Å². The van der Waals surface area contributed by atoms with Crippen molar-refractivity contribution >= 4 is 20.3 Å². The second-order valence-corrected chi connectivity index (χ2v) is 8.66. The molecule has 0 atom stereocenters. The first kappa shape index (κ1) is 15.7. The van der Waals surface area contributed by atoms with Gasteiger partial charge in [0.1, 0.15) is 0 Å². The Morgan fingerprint density at radius 1 is 1.00 bits per heavy atom. The van der Waals surface area contributed by atoms with Gasteiger partial charge in [-0.2, -0.15) is 0 Å². The fraction of sp³-hybridized carbons (Fsp3) is 0.636. The summed E-state index contributed by atoms with van der Waals surface area (Å²) in [6.45, 7) is 9.55. The normalized spacial score (nSPS) is 10.4. The summed E-state index contributed by atoms with van der Waals surface area (Å²) in [6.07, 6.45) is 1.15. The first-order valence-electron chi connectivity index (χ1n) is 5.54. The van der Waals surface area contributed by atoms with E-state index in [2.05, 4.69) is 0 Å². The molecule has 0 aliphatic carbocycles. The maximum atomic E-state index is 11.5. The van der Waals surface area contributed by atoms with Gasteiger partial charge < -0.3 is 13.9 Å². The number of ether oxygens (including phenoxy) is 2. The van der Waals surface area contributed by atoms with E-state index in [0.29, 0.717) is 0 Å². The van der Waals surface area contributed by atoms with Crippen molar-refractivity contribution in [3.8, 4) is 0 Å². The highest BCUT2D eigenvalue weighted by Gasteiger charge is 2.23. The monoisotopic (exact) mass is 260 g/mol. The zero-order valence-electron chi connectivity index (χ0n) is 11.0. The SMILES string of the molecule is CCOC(=O)C(=CO[Si](C)(C)C)C(=O)OCC. The Morgan fingerprint density at radius 3 is 1.71 bits per heavy atom. The Bertz CT molecular complexity index is 283. The highest BCUT2D eigenvalue weighted by atomic mass is 28.4. The maximum absolute atomic E-state index is 11.5. The Balaban J connectivity index is 4.84. The van der Waals surface area contributed by atoms with Crippen LogP contribution in [0.25, 0.3) is 0 Å². The van der Waals surface area contributed by atoms with Crippen LogP contribution in [0.2, 0.25) is 19.6 Å². The largest absolute Gasteiger partial charge is 0.549 e. The molecule has 0 bridgehead atoms. The zero-order chi connectivity index (χ0) is 13.5. The van der Waals surface area contributed by atoms with E-state index in [0.717, 1.165) is 6.26 Å². The van der Waals surface area contributed by atoms with Crippen molar-refractivity contribution in [2.45, 2.75) is 33.5 Å². The van der Waals surface area contributed by atoms with Gasteiger partial charge in [-0.3, -0.25) is 0 Å². The maximum Gasteiger partial charge on any atom is 0.348 e. The summed E-state index contributed by atoms with van der Waals surface area (Å²) in [5.41, 5.74) is -0.198. The molecule has 5 nitrogen and oxygen atoms in total. The first-order valence-corrected chi connectivity index (χ1v) is 8.94. The van der Waals surface area contributed by atoms with Gasteiger partial charge in [0.2, 0.25) is 8.32 Å². The summed E-state index contributed by atoms with van der Waals surface area (Å²) in [6, 6.07) is 0. The minimum atomic E-state index is -1.85. The third kappa shape index (κ3) is 6.78. The Labute approximate surface area is 103 Å². The van der Waals surface area contributed by atoms with Crippen LogP contribution in [0.15, 0.2) is 11.8 Å². The molecular weight excluding hydrogens is 240 g/mol. The molecule has 0 saturated heterocycles. The van der Waals surface area contributed by atoms with Crippen molar-refractivity contribution in [3.63, 3.8) is 0 Å². The fourth-order valence-electron chi connectivity index (χ4n) is 0.833. The van der Waals surface area contributed by atoms with Gasteiger partial charge in [0.15, 0.2) is 5.57 Å². The molecule has 98 valence electrons. The van der Waals surface area contributed by atoms with Crippen molar-refractivity contribution in [1.82, 2.24) is 0 Å². The van der Waals surface area contributed by atoms with Crippen LogP contribution in [0.1, 0.15) is 13.8 Å². The van der Waals surface area contributed by atoms with Crippen LogP contribution in [0.5, 0.6) is 0 Å². The Morgan fingerprint density at radius 2 is 1.41 bits per heavy atom. The number of carbonyl (C=O) groups excluding carboxylic acids is 2. The lowest BCUT2D eigenvalue weighted by Gasteiger charge is -2.16. The van der Waals surface area contributed by atoms with Crippen molar-refractivity contribution in [2.24, 2.45) is 0 Å². The van der Waals surface area contributed by atoms with Crippen molar-refractivity contribution in [2.75, 3.05) is 13.2 Å². The molecule has 0 amide bonds. The summed E-state index contributed by atoms with van der Waals surface area (Å²) >= 11 is 0. The van der Waals surface area contributed by atoms with Crippen molar-refractivity contribution in [1.29, 1.82) is 0 Å².